The molecule has 2 aromatic carbocycles. The van der Waals surface area contributed by atoms with Crippen molar-refractivity contribution in [2.75, 3.05) is 6.54 Å². The Bertz CT molecular complexity index is 1380. The number of halogens is 1. The first-order valence-corrected chi connectivity index (χ1v) is 10.1. The zero-order chi connectivity index (χ0) is 21.5. The van der Waals surface area contributed by atoms with Gasteiger partial charge in [0.2, 0.25) is 0 Å². The van der Waals surface area contributed by atoms with Crippen LogP contribution in [0, 0.1) is 5.82 Å². The van der Waals surface area contributed by atoms with Crippen LogP contribution in [0.15, 0.2) is 71.7 Å². The van der Waals surface area contributed by atoms with E-state index in [9.17, 15) is 14.0 Å². The summed E-state index contributed by atoms with van der Waals surface area (Å²) in [6.45, 7) is 0.934. The molecule has 5 rings (SSSR count). The maximum Gasteiger partial charge on any atom is 0.258 e. The number of hydrogen-bond donors (Lipinski definition) is 0. The number of amides is 1. The molecule has 3 heterocycles. The van der Waals surface area contributed by atoms with Crippen molar-refractivity contribution in [3.05, 3.63) is 99.9 Å². The summed E-state index contributed by atoms with van der Waals surface area (Å²) in [7, 11) is 1.67. The van der Waals surface area contributed by atoms with Gasteiger partial charge in [0.15, 0.2) is 0 Å². The summed E-state index contributed by atoms with van der Waals surface area (Å²) in [6, 6.07) is 17.6. The molecule has 31 heavy (non-hydrogen) atoms. The Morgan fingerprint density at radius 1 is 0.968 bits per heavy atom. The second-order valence-electron chi connectivity index (χ2n) is 7.80. The molecule has 0 unspecified atom stereocenters. The van der Waals surface area contributed by atoms with Crippen LogP contribution in [0.3, 0.4) is 0 Å². The maximum absolute atomic E-state index is 13.4. The van der Waals surface area contributed by atoms with Crippen molar-refractivity contribution in [3.63, 3.8) is 0 Å². The molecule has 0 atom stereocenters. The first-order chi connectivity index (χ1) is 15.0. The molecular formula is C25H20FN3O2. The number of aryl methyl sites for hydroxylation is 1. The Balaban J connectivity index is 1.44. The summed E-state index contributed by atoms with van der Waals surface area (Å²) >= 11 is 0. The van der Waals surface area contributed by atoms with Gasteiger partial charge in [0, 0.05) is 49.4 Å². The molecular weight excluding hydrogens is 393 g/mol. The molecule has 0 radical (unpaired) electrons. The average molecular weight is 413 g/mol. The first kappa shape index (κ1) is 19.2. The molecule has 1 amide bonds. The molecule has 1 aliphatic rings. The summed E-state index contributed by atoms with van der Waals surface area (Å²) in [5.41, 5.74) is 3.67. The highest BCUT2D eigenvalue weighted by atomic mass is 19.1. The smallest absolute Gasteiger partial charge is 0.258 e. The number of benzene rings is 2. The predicted octanol–water partition coefficient (Wildman–Crippen LogP) is 3.94. The molecule has 4 aromatic rings. The van der Waals surface area contributed by atoms with Gasteiger partial charge in [-0.25, -0.2) is 4.39 Å². The molecule has 0 bridgehead atoms. The molecule has 154 valence electrons. The molecule has 5 nitrogen and oxygen atoms in total. The van der Waals surface area contributed by atoms with Crippen LogP contribution >= 0.6 is 0 Å². The number of aromatic nitrogens is 2. The van der Waals surface area contributed by atoms with Gasteiger partial charge in [-0.1, -0.05) is 36.4 Å². The van der Waals surface area contributed by atoms with Gasteiger partial charge in [0.25, 0.3) is 11.5 Å². The van der Waals surface area contributed by atoms with E-state index in [4.69, 9.17) is 0 Å². The minimum absolute atomic E-state index is 0.173. The molecule has 6 heteroatoms. The van der Waals surface area contributed by atoms with Crippen LogP contribution in [0.25, 0.3) is 22.0 Å². The number of rotatable bonds is 4. The van der Waals surface area contributed by atoms with Crippen LogP contribution in [0.4, 0.5) is 4.39 Å². The Hall–Kier alpha value is -3.80. The fourth-order valence-electron chi connectivity index (χ4n) is 4.16. The van der Waals surface area contributed by atoms with Crippen LogP contribution in [0.1, 0.15) is 21.6 Å². The fraction of sp³-hybridized carbons (Fsp3) is 0.160. The zero-order valence-corrected chi connectivity index (χ0v) is 17.0. The number of para-hydroxylation sites is 1. The van der Waals surface area contributed by atoms with Crippen molar-refractivity contribution in [1.29, 1.82) is 0 Å². The van der Waals surface area contributed by atoms with E-state index in [1.54, 1.807) is 30.3 Å². The van der Waals surface area contributed by atoms with Gasteiger partial charge in [0.05, 0.1) is 16.6 Å². The number of hydrogen-bond acceptors (Lipinski definition) is 3. The lowest BCUT2D eigenvalue weighted by molar-refractivity contribution is 0.0780. The number of pyridine rings is 2. The second-order valence-corrected chi connectivity index (χ2v) is 7.80. The molecule has 0 N–H and O–H groups in total. The van der Waals surface area contributed by atoms with Gasteiger partial charge in [-0.15, -0.1) is 0 Å². The van der Waals surface area contributed by atoms with E-state index in [0.717, 1.165) is 22.2 Å². The van der Waals surface area contributed by atoms with Gasteiger partial charge in [-0.2, -0.15) is 0 Å². The van der Waals surface area contributed by atoms with E-state index in [-0.39, 0.29) is 17.3 Å². The molecule has 2 aromatic heterocycles. The van der Waals surface area contributed by atoms with Gasteiger partial charge < -0.3 is 9.47 Å². The second kappa shape index (κ2) is 7.47. The molecule has 0 saturated carbocycles. The van der Waals surface area contributed by atoms with E-state index in [2.05, 4.69) is 4.98 Å². The van der Waals surface area contributed by atoms with Crippen LogP contribution < -0.4 is 5.56 Å². The minimum Gasteiger partial charge on any atom is -0.334 e. The van der Waals surface area contributed by atoms with Crippen LogP contribution in [0.5, 0.6) is 0 Å². The number of carbonyl (C=O) groups excluding carboxylic acids is 1. The molecule has 1 aliphatic heterocycles. The lowest BCUT2D eigenvalue weighted by Gasteiger charge is -2.15. The Morgan fingerprint density at radius 3 is 2.55 bits per heavy atom. The van der Waals surface area contributed by atoms with Crippen LogP contribution in [-0.4, -0.2) is 26.9 Å². The number of fused-ring (bicyclic) bond motifs is 2. The van der Waals surface area contributed by atoms with E-state index in [0.29, 0.717) is 36.2 Å². The van der Waals surface area contributed by atoms with Crippen molar-refractivity contribution in [1.82, 2.24) is 14.5 Å². The van der Waals surface area contributed by atoms with Gasteiger partial charge >= 0.3 is 0 Å². The summed E-state index contributed by atoms with van der Waals surface area (Å²) < 4.78 is 14.9. The monoisotopic (exact) mass is 413 g/mol. The summed E-state index contributed by atoms with van der Waals surface area (Å²) in [5.74, 6) is -0.559. The number of carbonyl (C=O) groups is 1. The van der Waals surface area contributed by atoms with Crippen molar-refractivity contribution in [3.8, 4) is 11.1 Å². The largest absolute Gasteiger partial charge is 0.334 e. The summed E-state index contributed by atoms with van der Waals surface area (Å²) in [4.78, 5) is 32.5. The van der Waals surface area contributed by atoms with Crippen LogP contribution in [0.2, 0.25) is 0 Å². The highest BCUT2D eigenvalue weighted by Crippen LogP contribution is 2.30. The van der Waals surface area contributed by atoms with Gasteiger partial charge in [0.1, 0.15) is 5.82 Å². The van der Waals surface area contributed by atoms with Crippen molar-refractivity contribution in [2.45, 2.75) is 13.0 Å². The highest BCUT2D eigenvalue weighted by molar-refractivity contribution is 6.04. The van der Waals surface area contributed by atoms with Gasteiger partial charge in [-0.3, -0.25) is 14.6 Å². The lowest BCUT2D eigenvalue weighted by atomic mass is 9.99. The standard InChI is InChI=1S/C25H20FN3O2/c1-28-14-18-15-29(13-12-20-11-8-16-4-2-3-5-21(16)27-20)25(31)23(18)22(24(28)30)17-6-9-19(26)10-7-17/h2-11,14H,12-13,15H2,1H3. The number of nitrogens with zero attached hydrogens (tertiary/aromatic N) is 3. The van der Waals surface area contributed by atoms with E-state index >= 15 is 0 Å². The lowest BCUT2D eigenvalue weighted by Crippen LogP contribution is -2.27. The summed E-state index contributed by atoms with van der Waals surface area (Å²) in [5, 5.41) is 1.08. The molecule has 0 spiro atoms. The third-order valence-corrected chi connectivity index (χ3v) is 5.74. The topological polar surface area (TPSA) is 55.2 Å². The fourth-order valence-corrected chi connectivity index (χ4v) is 4.16. The third-order valence-electron chi connectivity index (χ3n) is 5.74. The van der Waals surface area contributed by atoms with Crippen LogP contribution in [-0.2, 0) is 20.0 Å². The highest BCUT2D eigenvalue weighted by Gasteiger charge is 2.32. The predicted molar refractivity (Wildman–Crippen MR) is 117 cm³/mol. The minimum atomic E-state index is -0.385. The van der Waals surface area contributed by atoms with Crippen molar-refractivity contribution < 1.29 is 9.18 Å². The average Bonchev–Trinajstić information content (AvgIpc) is 3.08. The van der Waals surface area contributed by atoms with E-state index in [1.807, 2.05) is 36.4 Å². The summed E-state index contributed by atoms with van der Waals surface area (Å²) in [6.07, 6.45) is 2.34. The normalized spacial score (nSPS) is 13.1. The quantitative estimate of drug-likeness (QED) is 0.509. The SMILES string of the molecule is Cn1cc2c(c(-c3ccc(F)cc3)c1=O)C(=O)N(CCc1ccc3ccccc3n1)C2. The Morgan fingerprint density at radius 2 is 1.74 bits per heavy atom. The molecule has 0 fully saturated rings. The van der Waals surface area contributed by atoms with Gasteiger partial charge in [-0.05, 0) is 29.8 Å². The van der Waals surface area contributed by atoms with Crippen molar-refractivity contribution in [2.24, 2.45) is 7.05 Å². The van der Waals surface area contributed by atoms with Crippen molar-refractivity contribution >= 4 is 16.8 Å². The molecule has 0 aliphatic carbocycles. The Labute approximate surface area is 178 Å². The van der Waals surface area contributed by atoms with E-state index in [1.165, 1.54) is 16.7 Å². The maximum atomic E-state index is 13.4. The first-order valence-electron chi connectivity index (χ1n) is 10.1. The third kappa shape index (κ3) is 3.40. The zero-order valence-electron chi connectivity index (χ0n) is 17.0. The Kier molecular flexibility index (Phi) is 4.62. The van der Waals surface area contributed by atoms with E-state index < -0.39 is 0 Å². The molecule has 0 saturated heterocycles.